The van der Waals surface area contributed by atoms with Crippen LogP contribution in [0.5, 0.6) is 11.5 Å². The number of thiophene rings is 1. The van der Waals surface area contributed by atoms with Gasteiger partial charge in [0.1, 0.15) is 13.2 Å². The average molecular weight is 305 g/mol. The Bertz CT molecular complexity index is 611. The summed E-state index contributed by atoms with van der Waals surface area (Å²) in [5, 5.41) is 13.5. The van der Waals surface area contributed by atoms with Gasteiger partial charge < -0.3 is 19.9 Å². The Hall–Kier alpha value is -1.56. The van der Waals surface area contributed by atoms with Crippen molar-refractivity contribution in [3.05, 3.63) is 45.6 Å². The van der Waals surface area contributed by atoms with Crippen molar-refractivity contribution in [1.29, 1.82) is 0 Å². The summed E-state index contributed by atoms with van der Waals surface area (Å²) < 4.78 is 11.0. The van der Waals surface area contributed by atoms with Gasteiger partial charge in [-0.1, -0.05) is 6.07 Å². The molecule has 0 fully saturated rings. The molecular weight excluding hydrogens is 286 g/mol. The first-order chi connectivity index (χ1) is 10.2. The van der Waals surface area contributed by atoms with Crippen LogP contribution in [0, 0.1) is 6.92 Å². The van der Waals surface area contributed by atoms with E-state index in [9.17, 15) is 5.11 Å². The zero-order valence-corrected chi connectivity index (χ0v) is 12.8. The summed E-state index contributed by atoms with van der Waals surface area (Å²) >= 11 is 1.77. The molecule has 0 bridgehead atoms. The first-order valence-corrected chi connectivity index (χ1v) is 7.87. The first-order valence-electron chi connectivity index (χ1n) is 7.06. The molecule has 0 spiro atoms. The number of nitrogens with one attached hydrogen (secondary N) is 1. The van der Waals surface area contributed by atoms with Crippen molar-refractivity contribution in [3.63, 3.8) is 0 Å². The number of hydrogen-bond donors (Lipinski definition) is 2. The Kier molecular flexibility index (Phi) is 4.43. The molecule has 1 aliphatic heterocycles. The van der Waals surface area contributed by atoms with E-state index in [1.807, 2.05) is 18.2 Å². The standard InChI is InChI=1S/C16H19NO3S/c1-11-2-4-13(21-11)9-17-10-14(18)12-3-5-15-16(8-12)20-7-6-19-15/h2-5,8,14,17-18H,6-7,9-10H2,1H3. The minimum Gasteiger partial charge on any atom is -0.486 e. The number of benzene rings is 1. The van der Waals surface area contributed by atoms with E-state index in [1.54, 1.807) is 11.3 Å². The summed E-state index contributed by atoms with van der Waals surface area (Å²) in [6.45, 7) is 4.52. The Labute approximate surface area is 128 Å². The molecule has 112 valence electrons. The molecule has 3 rings (SSSR count). The van der Waals surface area contributed by atoms with Crippen molar-refractivity contribution in [2.45, 2.75) is 19.6 Å². The lowest BCUT2D eigenvalue weighted by Gasteiger charge is -2.20. The molecule has 2 heterocycles. The lowest BCUT2D eigenvalue weighted by atomic mass is 10.1. The van der Waals surface area contributed by atoms with Crippen LogP contribution in [-0.4, -0.2) is 24.9 Å². The summed E-state index contributed by atoms with van der Waals surface area (Å²) in [4.78, 5) is 2.58. The summed E-state index contributed by atoms with van der Waals surface area (Å²) in [5.41, 5.74) is 0.842. The van der Waals surface area contributed by atoms with Crippen LogP contribution in [-0.2, 0) is 6.54 Å². The van der Waals surface area contributed by atoms with Crippen molar-refractivity contribution >= 4 is 11.3 Å². The quantitative estimate of drug-likeness (QED) is 0.891. The maximum atomic E-state index is 10.2. The highest BCUT2D eigenvalue weighted by molar-refractivity contribution is 7.11. The van der Waals surface area contributed by atoms with Crippen LogP contribution < -0.4 is 14.8 Å². The highest BCUT2D eigenvalue weighted by Crippen LogP contribution is 2.32. The van der Waals surface area contributed by atoms with Gasteiger partial charge in [0, 0.05) is 22.8 Å². The molecule has 4 nitrogen and oxygen atoms in total. The van der Waals surface area contributed by atoms with E-state index in [4.69, 9.17) is 9.47 Å². The summed E-state index contributed by atoms with van der Waals surface area (Å²) in [6.07, 6.45) is -0.554. The van der Waals surface area contributed by atoms with E-state index >= 15 is 0 Å². The maximum Gasteiger partial charge on any atom is 0.161 e. The van der Waals surface area contributed by atoms with Gasteiger partial charge in [-0.05, 0) is 36.8 Å². The largest absolute Gasteiger partial charge is 0.486 e. The highest BCUT2D eigenvalue weighted by atomic mass is 32.1. The van der Waals surface area contributed by atoms with Crippen molar-refractivity contribution in [1.82, 2.24) is 5.32 Å². The second-order valence-electron chi connectivity index (χ2n) is 5.06. The van der Waals surface area contributed by atoms with Crippen molar-refractivity contribution in [2.75, 3.05) is 19.8 Å². The lowest BCUT2D eigenvalue weighted by Crippen LogP contribution is -2.21. The van der Waals surface area contributed by atoms with Gasteiger partial charge in [-0.15, -0.1) is 11.3 Å². The third-order valence-electron chi connectivity index (χ3n) is 3.38. The van der Waals surface area contributed by atoms with Crippen LogP contribution in [0.4, 0.5) is 0 Å². The Morgan fingerprint density at radius 1 is 1.19 bits per heavy atom. The minimum atomic E-state index is -0.554. The summed E-state index contributed by atoms with van der Waals surface area (Å²) in [6, 6.07) is 9.82. The van der Waals surface area contributed by atoms with Crippen LogP contribution in [0.3, 0.4) is 0 Å². The molecule has 0 amide bonds. The van der Waals surface area contributed by atoms with E-state index < -0.39 is 6.10 Å². The molecule has 2 aromatic rings. The third-order valence-corrected chi connectivity index (χ3v) is 4.38. The van der Waals surface area contributed by atoms with Gasteiger partial charge in [0.2, 0.25) is 0 Å². The van der Waals surface area contributed by atoms with Gasteiger partial charge in [-0.2, -0.15) is 0 Å². The van der Waals surface area contributed by atoms with Gasteiger partial charge in [-0.25, -0.2) is 0 Å². The number of aliphatic hydroxyl groups excluding tert-OH is 1. The summed E-state index contributed by atoms with van der Waals surface area (Å²) in [7, 11) is 0. The zero-order chi connectivity index (χ0) is 14.7. The molecule has 1 aromatic heterocycles. The van der Waals surface area contributed by atoms with E-state index in [1.165, 1.54) is 9.75 Å². The van der Waals surface area contributed by atoms with Crippen LogP contribution in [0.2, 0.25) is 0 Å². The SMILES string of the molecule is Cc1ccc(CNCC(O)c2ccc3c(c2)OCCO3)s1. The fraction of sp³-hybridized carbons (Fsp3) is 0.375. The fourth-order valence-electron chi connectivity index (χ4n) is 2.30. The van der Waals surface area contributed by atoms with Gasteiger partial charge in [0.05, 0.1) is 6.10 Å². The van der Waals surface area contributed by atoms with Crippen molar-refractivity contribution < 1.29 is 14.6 Å². The Balaban J connectivity index is 1.56. The normalized spacial score (nSPS) is 15.0. The van der Waals surface area contributed by atoms with Crippen molar-refractivity contribution in [3.8, 4) is 11.5 Å². The van der Waals surface area contributed by atoms with E-state index in [0.29, 0.717) is 25.5 Å². The Morgan fingerprint density at radius 2 is 2.00 bits per heavy atom. The average Bonchev–Trinajstić information content (AvgIpc) is 2.92. The van der Waals surface area contributed by atoms with Crippen LogP contribution in [0.15, 0.2) is 30.3 Å². The van der Waals surface area contributed by atoms with Crippen LogP contribution in [0.1, 0.15) is 21.4 Å². The Morgan fingerprint density at radius 3 is 2.76 bits per heavy atom. The fourth-order valence-corrected chi connectivity index (χ4v) is 3.16. The number of rotatable bonds is 5. The van der Waals surface area contributed by atoms with Crippen molar-refractivity contribution in [2.24, 2.45) is 0 Å². The monoisotopic (exact) mass is 305 g/mol. The first kappa shape index (κ1) is 14.4. The highest BCUT2D eigenvalue weighted by Gasteiger charge is 2.15. The van der Waals surface area contributed by atoms with E-state index in [-0.39, 0.29) is 0 Å². The van der Waals surface area contributed by atoms with Gasteiger partial charge in [0.25, 0.3) is 0 Å². The van der Waals surface area contributed by atoms with Crippen LogP contribution >= 0.6 is 11.3 Å². The number of ether oxygens (including phenoxy) is 2. The van der Waals surface area contributed by atoms with Gasteiger partial charge in [-0.3, -0.25) is 0 Å². The number of aryl methyl sites for hydroxylation is 1. The topological polar surface area (TPSA) is 50.7 Å². The molecule has 1 aliphatic rings. The second kappa shape index (κ2) is 6.47. The molecule has 0 saturated carbocycles. The van der Waals surface area contributed by atoms with E-state index in [0.717, 1.165) is 17.9 Å². The van der Waals surface area contributed by atoms with Gasteiger partial charge in [0.15, 0.2) is 11.5 Å². The van der Waals surface area contributed by atoms with Gasteiger partial charge >= 0.3 is 0 Å². The molecule has 1 aromatic carbocycles. The minimum absolute atomic E-state index is 0.511. The molecule has 1 atom stereocenters. The number of aliphatic hydroxyl groups is 1. The smallest absolute Gasteiger partial charge is 0.161 e. The molecule has 1 unspecified atom stereocenters. The van der Waals surface area contributed by atoms with Crippen LogP contribution in [0.25, 0.3) is 0 Å². The molecular formula is C16H19NO3S. The molecule has 0 aliphatic carbocycles. The molecule has 2 N–H and O–H groups in total. The third kappa shape index (κ3) is 3.56. The number of fused-ring (bicyclic) bond motifs is 1. The summed E-state index contributed by atoms with van der Waals surface area (Å²) in [5.74, 6) is 1.46. The molecule has 5 heteroatoms. The maximum absolute atomic E-state index is 10.2. The van der Waals surface area contributed by atoms with E-state index in [2.05, 4.69) is 24.4 Å². The zero-order valence-electron chi connectivity index (χ0n) is 12.0. The second-order valence-corrected chi connectivity index (χ2v) is 6.43. The predicted molar refractivity (Wildman–Crippen MR) is 83.2 cm³/mol. The number of hydrogen-bond acceptors (Lipinski definition) is 5. The molecule has 0 saturated heterocycles. The molecule has 0 radical (unpaired) electrons. The lowest BCUT2D eigenvalue weighted by molar-refractivity contribution is 0.163. The molecule has 21 heavy (non-hydrogen) atoms. The predicted octanol–water partition coefficient (Wildman–Crippen LogP) is 2.65.